The Labute approximate surface area is 148 Å². The maximum absolute atomic E-state index is 12.3. The molecule has 1 amide bonds. The summed E-state index contributed by atoms with van der Waals surface area (Å²) in [6.45, 7) is 5.90. The number of likely N-dealkylation sites (N-methyl/N-ethyl adjacent to an activating group) is 1. The molecule has 0 spiro atoms. The summed E-state index contributed by atoms with van der Waals surface area (Å²) < 4.78 is 16.6. The van der Waals surface area contributed by atoms with Gasteiger partial charge in [-0.05, 0) is 32.6 Å². The second-order valence-electron chi connectivity index (χ2n) is 6.52. The molecule has 1 saturated heterocycles. The molecule has 7 nitrogen and oxygen atoms in total. The zero-order valence-corrected chi connectivity index (χ0v) is 15.0. The molecule has 2 aliphatic rings. The summed E-state index contributed by atoms with van der Waals surface area (Å²) >= 11 is 0. The quantitative estimate of drug-likeness (QED) is 0.845. The van der Waals surface area contributed by atoms with Gasteiger partial charge in [-0.1, -0.05) is 0 Å². The van der Waals surface area contributed by atoms with Crippen LogP contribution in [0.2, 0.25) is 0 Å². The number of carbonyl (C=O) groups excluding carboxylic acids is 1. The van der Waals surface area contributed by atoms with Gasteiger partial charge in [0, 0.05) is 31.3 Å². The number of nitrogens with one attached hydrogen (secondary N) is 1. The number of hydrogen-bond acceptors (Lipinski definition) is 6. The summed E-state index contributed by atoms with van der Waals surface area (Å²) in [7, 11) is 3.74. The monoisotopic (exact) mass is 349 g/mol. The maximum atomic E-state index is 12.3. The van der Waals surface area contributed by atoms with Crippen molar-refractivity contribution in [3.05, 3.63) is 17.7 Å². The number of fused-ring (bicyclic) bond motifs is 1. The Hall–Kier alpha value is -1.99. The van der Waals surface area contributed by atoms with Crippen molar-refractivity contribution in [3.8, 4) is 17.2 Å². The van der Waals surface area contributed by atoms with Crippen LogP contribution < -0.4 is 19.5 Å². The Bertz CT molecular complexity index is 608. The second kappa shape index (κ2) is 8.40. The fourth-order valence-electron chi connectivity index (χ4n) is 3.15. The first-order valence-corrected chi connectivity index (χ1v) is 8.80. The SMILES string of the molecule is COc1cc2c(cc1CNC(=O)CN1CCCN(C)CC1)OCCO2. The molecule has 2 heterocycles. The first-order chi connectivity index (χ1) is 12.2. The van der Waals surface area contributed by atoms with E-state index in [2.05, 4.69) is 22.2 Å². The Morgan fingerprint density at radius 3 is 2.68 bits per heavy atom. The summed E-state index contributed by atoms with van der Waals surface area (Å²) in [4.78, 5) is 16.8. The normalized spacial score (nSPS) is 18.5. The lowest BCUT2D eigenvalue weighted by Crippen LogP contribution is -2.38. The van der Waals surface area contributed by atoms with Gasteiger partial charge in [-0.2, -0.15) is 0 Å². The number of methoxy groups -OCH3 is 1. The zero-order valence-electron chi connectivity index (χ0n) is 15.0. The fourth-order valence-corrected chi connectivity index (χ4v) is 3.15. The van der Waals surface area contributed by atoms with E-state index in [0.29, 0.717) is 43.6 Å². The Morgan fingerprint density at radius 1 is 1.16 bits per heavy atom. The number of ether oxygens (including phenoxy) is 3. The molecule has 3 rings (SSSR count). The molecular weight excluding hydrogens is 322 g/mol. The van der Waals surface area contributed by atoms with Gasteiger partial charge in [-0.25, -0.2) is 0 Å². The van der Waals surface area contributed by atoms with Gasteiger partial charge < -0.3 is 24.4 Å². The molecule has 0 aromatic heterocycles. The van der Waals surface area contributed by atoms with Crippen molar-refractivity contribution in [2.45, 2.75) is 13.0 Å². The summed E-state index contributed by atoms with van der Waals surface area (Å²) in [5, 5.41) is 2.99. The number of amides is 1. The first kappa shape index (κ1) is 17.8. The summed E-state index contributed by atoms with van der Waals surface area (Å²) in [5.74, 6) is 2.11. The van der Waals surface area contributed by atoms with E-state index in [9.17, 15) is 4.79 Å². The molecular formula is C18H27N3O4. The number of benzene rings is 1. The lowest BCUT2D eigenvalue weighted by Gasteiger charge is -2.21. The predicted molar refractivity (Wildman–Crippen MR) is 94.4 cm³/mol. The molecule has 0 atom stereocenters. The second-order valence-corrected chi connectivity index (χ2v) is 6.52. The van der Waals surface area contributed by atoms with Crippen LogP contribution in [0.15, 0.2) is 12.1 Å². The third-order valence-corrected chi connectivity index (χ3v) is 4.60. The van der Waals surface area contributed by atoms with E-state index >= 15 is 0 Å². The minimum absolute atomic E-state index is 0.0292. The van der Waals surface area contributed by atoms with Crippen LogP contribution in [-0.4, -0.2) is 75.8 Å². The van der Waals surface area contributed by atoms with E-state index in [1.807, 2.05) is 12.1 Å². The van der Waals surface area contributed by atoms with Crippen LogP contribution in [0.5, 0.6) is 17.2 Å². The number of rotatable bonds is 5. The van der Waals surface area contributed by atoms with E-state index in [1.54, 1.807) is 7.11 Å². The van der Waals surface area contributed by atoms with E-state index in [1.165, 1.54) is 0 Å². The molecule has 0 bridgehead atoms. The Balaban J connectivity index is 1.56. The molecule has 1 fully saturated rings. The average Bonchev–Trinajstić information content (AvgIpc) is 2.83. The Kier molecular flexibility index (Phi) is 5.99. The molecule has 0 unspecified atom stereocenters. The highest BCUT2D eigenvalue weighted by Crippen LogP contribution is 2.36. The van der Waals surface area contributed by atoms with E-state index in [-0.39, 0.29) is 5.91 Å². The van der Waals surface area contributed by atoms with Crippen molar-refractivity contribution in [2.75, 3.05) is 60.1 Å². The number of carbonyl (C=O) groups is 1. The minimum Gasteiger partial charge on any atom is -0.496 e. The van der Waals surface area contributed by atoms with E-state index < -0.39 is 0 Å². The molecule has 1 aromatic rings. The van der Waals surface area contributed by atoms with Crippen molar-refractivity contribution in [1.29, 1.82) is 0 Å². The lowest BCUT2D eigenvalue weighted by atomic mass is 10.1. The molecule has 138 valence electrons. The van der Waals surface area contributed by atoms with E-state index in [4.69, 9.17) is 14.2 Å². The van der Waals surface area contributed by atoms with Crippen LogP contribution in [-0.2, 0) is 11.3 Å². The van der Waals surface area contributed by atoms with Crippen molar-refractivity contribution in [3.63, 3.8) is 0 Å². The van der Waals surface area contributed by atoms with E-state index in [0.717, 1.165) is 38.2 Å². The molecule has 1 N–H and O–H groups in total. The number of nitrogens with zero attached hydrogens (tertiary/aromatic N) is 2. The average molecular weight is 349 g/mol. The van der Waals surface area contributed by atoms with Gasteiger partial charge in [0.15, 0.2) is 11.5 Å². The van der Waals surface area contributed by atoms with Crippen molar-refractivity contribution >= 4 is 5.91 Å². The minimum atomic E-state index is 0.0292. The summed E-state index contributed by atoms with van der Waals surface area (Å²) in [5.41, 5.74) is 0.885. The van der Waals surface area contributed by atoms with Gasteiger partial charge in [-0.3, -0.25) is 9.69 Å². The molecule has 0 aliphatic carbocycles. The van der Waals surface area contributed by atoms with Crippen LogP contribution in [0.4, 0.5) is 0 Å². The van der Waals surface area contributed by atoms with Gasteiger partial charge in [0.05, 0.1) is 13.7 Å². The molecule has 0 radical (unpaired) electrons. The zero-order chi connectivity index (χ0) is 17.6. The first-order valence-electron chi connectivity index (χ1n) is 8.80. The largest absolute Gasteiger partial charge is 0.496 e. The molecule has 1 aromatic carbocycles. The third kappa shape index (κ3) is 4.76. The van der Waals surface area contributed by atoms with Crippen LogP contribution in [0.25, 0.3) is 0 Å². The highest BCUT2D eigenvalue weighted by molar-refractivity contribution is 5.78. The molecule has 2 aliphatic heterocycles. The van der Waals surface area contributed by atoms with Crippen LogP contribution >= 0.6 is 0 Å². The highest BCUT2D eigenvalue weighted by Gasteiger charge is 2.18. The van der Waals surface area contributed by atoms with Crippen molar-refractivity contribution in [1.82, 2.24) is 15.1 Å². The standard InChI is InChI=1S/C18H27N3O4/c1-20-4-3-5-21(7-6-20)13-18(22)19-12-14-10-16-17(11-15(14)23-2)25-9-8-24-16/h10-11H,3-9,12-13H2,1-2H3,(H,19,22). The van der Waals surface area contributed by atoms with Gasteiger partial charge >= 0.3 is 0 Å². The van der Waals surface area contributed by atoms with Gasteiger partial charge in [0.2, 0.25) is 5.91 Å². The molecule has 7 heteroatoms. The molecule has 25 heavy (non-hydrogen) atoms. The fraction of sp³-hybridized carbons (Fsp3) is 0.611. The predicted octanol–water partition coefficient (Wildman–Crippen LogP) is 0.720. The van der Waals surface area contributed by atoms with Crippen LogP contribution in [0, 0.1) is 0 Å². The van der Waals surface area contributed by atoms with Crippen molar-refractivity contribution < 1.29 is 19.0 Å². The van der Waals surface area contributed by atoms with Crippen LogP contribution in [0.1, 0.15) is 12.0 Å². The van der Waals surface area contributed by atoms with Crippen LogP contribution in [0.3, 0.4) is 0 Å². The lowest BCUT2D eigenvalue weighted by molar-refractivity contribution is -0.122. The summed E-state index contributed by atoms with van der Waals surface area (Å²) in [6, 6.07) is 3.70. The Morgan fingerprint density at radius 2 is 1.92 bits per heavy atom. The van der Waals surface area contributed by atoms with Gasteiger partial charge in [-0.15, -0.1) is 0 Å². The van der Waals surface area contributed by atoms with Crippen molar-refractivity contribution in [2.24, 2.45) is 0 Å². The van der Waals surface area contributed by atoms with Gasteiger partial charge in [0.1, 0.15) is 19.0 Å². The third-order valence-electron chi connectivity index (χ3n) is 4.60. The summed E-state index contributed by atoms with van der Waals surface area (Å²) in [6.07, 6.45) is 1.10. The number of hydrogen-bond donors (Lipinski definition) is 1. The molecule has 0 saturated carbocycles. The smallest absolute Gasteiger partial charge is 0.234 e. The highest BCUT2D eigenvalue weighted by atomic mass is 16.6. The maximum Gasteiger partial charge on any atom is 0.234 e. The van der Waals surface area contributed by atoms with Gasteiger partial charge in [0.25, 0.3) is 0 Å². The topological polar surface area (TPSA) is 63.3 Å².